The van der Waals surface area contributed by atoms with Crippen molar-refractivity contribution in [1.82, 2.24) is 0 Å². The summed E-state index contributed by atoms with van der Waals surface area (Å²) in [5.74, 6) is -1.75. The Kier molecular flexibility index (Phi) is 5.41. The summed E-state index contributed by atoms with van der Waals surface area (Å²) in [5.41, 5.74) is 1.60. The maximum Gasteiger partial charge on any atom is 0.300 e. The quantitative estimate of drug-likeness (QED) is 0.203. The fourth-order valence-electron chi connectivity index (χ4n) is 4.27. The molecule has 6 heteroatoms. The third-order valence-electron chi connectivity index (χ3n) is 5.77. The molecule has 1 heterocycles. The summed E-state index contributed by atoms with van der Waals surface area (Å²) in [6.45, 7) is 0. The van der Waals surface area contributed by atoms with Gasteiger partial charge in [-0.15, -0.1) is 0 Å². The van der Waals surface area contributed by atoms with Gasteiger partial charge < -0.3 is 5.11 Å². The minimum atomic E-state index is -0.842. The zero-order valence-corrected chi connectivity index (χ0v) is 18.7. The molecule has 1 aliphatic rings. The van der Waals surface area contributed by atoms with Gasteiger partial charge in [-0.1, -0.05) is 71.7 Å². The molecule has 1 fully saturated rings. The van der Waals surface area contributed by atoms with Gasteiger partial charge in [-0.2, -0.15) is 0 Å². The molecular formula is C27H17Cl2NO3. The molecule has 4 nitrogen and oxygen atoms in total. The summed E-state index contributed by atoms with van der Waals surface area (Å²) in [7, 11) is 0. The summed E-state index contributed by atoms with van der Waals surface area (Å²) in [4.78, 5) is 28.0. The summed E-state index contributed by atoms with van der Waals surface area (Å²) in [5, 5.41) is 14.0. The summed E-state index contributed by atoms with van der Waals surface area (Å²) in [6.07, 6.45) is 0. The van der Waals surface area contributed by atoms with Gasteiger partial charge in [-0.25, -0.2) is 0 Å². The number of Topliss-reactive ketones (excluding diaryl/α,β-unsaturated/α-hetero) is 1. The minimum Gasteiger partial charge on any atom is -0.507 e. The van der Waals surface area contributed by atoms with Crippen LogP contribution in [0.3, 0.4) is 0 Å². The van der Waals surface area contributed by atoms with E-state index in [1.54, 1.807) is 48.5 Å². The Morgan fingerprint density at radius 1 is 0.788 bits per heavy atom. The molecule has 1 N–H and O–H groups in total. The van der Waals surface area contributed by atoms with Gasteiger partial charge in [0.2, 0.25) is 0 Å². The first-order chi connectivity index (χ1) is 16.0. The second-order valence-electron chi connectivity index (χ2n) is 7.72. The van der Waals surface area contributed by atoms with Crippen molar-refractivity contribution in [3.05, 3.63) is 118 Å². The third-order valence-corrected chi connectivity index (χ3v) is 6.25. The van der Waals surface area contributed by atoms with Gasteiger partial charge in [0.05, 0.1) is 11.6 Å². The van der Waals surface area contributed by atoms with E-state index in [0.717, 1.165) is 16.3 Å². The lowest BCUT2D eigenvalue weighted by Crippen LogP contribution is -2.29. The number of hydrogen-bond donors (Lipinski definition) is 1. The normalized spacial score (nSPS) is 17.6. The molecule has 0 aliphatic carbocycles. The van der Waals surface area contributed by atoms with Crippen molar-refractivity contribution < 1.29 is 14.7 Å². The Balaban J connectivity index is 1.81. The van der Waals surface area contributed by atoms with E-state index in [0.29, 0.717) is 21.3 Å². The van der Waals surface area contributed by atoms with Crippen molar-refractivity contribution in [2.45, 2.75) is 6.04 Å². The van der Waals surface area contributed by atoms with Crippen molar-refractivity contribution >= 4 is 57.1 Å². The molecule has 1 unspecified atom stereocenters. The van der Waals surface area contributed by atoms with Gasteiger partial charge >= 0.3 is 0 Å². The summed E-state index contributed by atoms with van der Waals surface area (Å²) >= 11 is 12.2. The van der Waals surface area contributed by atoms with Crippen molar-refractivity contribution in [3.63, 3.8) is 0 Å². The molecule has 4 aromatic rings. The lowest BCUT2D eigenvalue weighted by molar-refractivity contribution is -0.132. The van der Waals surface area contributed by atoms with Crippen LogP contribution in [0.5, 0.6) is 0 Å². The largest absolute Gasteiger partial charge is 0.507 e. The van der Waals surface area contributed by atoms with Crippen LogP contribution in [0.1, 0.15) is 17.2 Å². The van der Waals surface area contributed by atoms with Gasteiger partial charge in [-0.3, -0.25) is 14.5 Å². The highest BCUT2D eigenvalue weighted by molar-refractivity contribution is 6.52. The number of hydrogen-bond acceptors (Lipinski definition) is 3. The second-order valence-corrected chi connectivity index (χ2v) is 8.60. The zero-order chi connectivity index (χ0) is 23.1. The van der Waals surface area contributed by atoms with Crippen molar-refractivity contribution in [1.29, 1.82) is 0 Å². The van der Waals surface area contributed by atoms with E-state index in [4.69, 9.17) is 23.2 Å². The Bertz CT molecular complexity index is 1440. The topological polar surface area (TPSA) is 57.6 Å². The van der Waals surface area contributed by atoms with E-state index >= 15 is 0 Å². The molecule has 0 radical (unpaired) electrons. The van der Waals surface area contributed by atoms with Crippen LogP contribution in [-0.2, 0) is 9.59 Å². The predicted octanol–water partition coefficient (Wildman–Crippen LogP) is 6.77. The van der Waals surface area contributed by atoms with Crippen LogP contribution in [0.15, 0.2) is 96.6 Å². The molecule has 0 spiro atoms. The standard InChI is InChI=1S/C27H17Cl2NO3/c28-18-13-11-17(12-14-18)25(31)23-24(22-10-3-6-16-5-1-2-9-21(16)22)30(27(33)26(23)32)20-8-4-7-19(29)15-20/h1-15,24,31H/b25-23-. The highest BCUT2D eigenvalue weighted by atomic mass is 35.5. The van der Waals surface area contributed by atoms with Crippen LogP contribution >= 0.6 is 23.2 Å². The molecule has 162 valence electrons. The van der Waals surface area contributed by atoms with Crippen molar-refractivity contribution in [2.24, 2.45) is 0 Å². The molecule has 1 saturated heterocycles. The summed E-state index contributed by atoms with van der Waals surface area (Å²) < 4.78 is 0. The average molecular weight is 474 g/mol. The monoisotopic (exact) mass is 473 g/mol. The maximum absolute atomic E-state index is 13.3. The van der Waals surface area contributed by atoms with Gasteiger partial charge in [-0.05, 0) is 58.8 Å². The molecule has 1 amide bonds. The Morgan fingerprint density at radius 2 is 1.48 bits per heavy atom. The van der Waals surface area contributed by atoms with Crippen LogP contribution in [0.4, 0.5) is 5.69 Å². The van der Waals surface area contributed by atoms with E-state index in [9.17, 15) is 14.7 Å². The van der Waals surface area contributed by atoms with E-state index in [2.05, 4.69) is 0 Å². The minimum absolute atomic E-state index is 0.0126. The third kappa shape index (κ3) is 3.67. The first-order valence-corrected chi connectivity index (χ1v) is 11.0. The van der Waals surface area contributed by atoms with Gasteiger partial charge in [0.1, 0.15) is 5.76 Å². The average Bonchev–Trinajstić information content (AvgIpc) is 3.09. The number of amides is 1. The van der Waals surface area contributed by atoms with E-state index in [1.165, 1.54) is 4.90 Å². The first-order valence-electron chi connectivity index (χ1n) is 10.3. The van der Waals surface area contributed by atoms with Crippen LogP contribution in [0.2, 0.25) is 10.0 Å². The molecular weight excluding hydrogens is 457 g/mol. The lowest BCUT2D eigenvalue weighted by Gasteiger charge is -2.26. The van der Waals surface area contributed by atoms with Gasteiger partial charge in [0.15, 0.2) is 0 Å². The number of carbonyl (C=O) groups is 2. The number of aliphatic hydroxyl groups is 1. The number of fused-ring (bicyclic) bond motifs is 1. The van der Waals surface area contributed by atoms with E-state index in [1.807, 2.05) is 42.5 Å². The number of carbonyl (C=O) groups excluding carboxylic acids is 2. The van der Waals surface area contributed by atoms with Crippen LogP contribution in [-0.4, -0.2) is 16.8 Å². The molecule has 5 rings (SSSR count). The Hall–Kier alpha value is -3.60. The van der Waals surface area contributed by atoms with Crippen LogP contribution < -0.4 is 4.90 Å². The van der Waals surface area contributed by atoms with Crippen LogP contribution in [0.25, 0.3) is 16.5 Å². The van der Waals surface area contributed by atoms with Crippen LogP contribution in [0, 0.1) is 0 Å². The van der Waals surface area contributed by atoms with Crippen molar-refractivity contribution in [3.8, 4) is 0 Å². The SMILES string of the molecule is O=C1C(=O)N(c2cccc(Cl)c2)C(c2cccc3ccccc23)/C1=C(/O)c1ccc(Cl)cc1. The molecule has 33 heavy (non-hydrogen) atoms. The highest BCUT2D eigenvalue weighted by Gasteiger charge is 2.47. The van der Waals surface area contributed by atoms with E-state index in [-0.39, 0.29) is 11.3 Å². The van der Waals surface area contributed by atoms with Crippen molar-refractivity contribution in [2.75, 3.05) is 4.90 Å². The Labute approximate surface area is 200 Å². The fraction of sp³-hybridized carbons (Fsp3) is 0.0370. The molecule has 1 atom stereocenters. The highest BCUT2D eigenvalue weighted by Crippen LogP contribution is 2.44. The number of halogens is 2. The molecule has 1 aliphatic heterocycles. The fourth-order valence-corrected chi connectivity index (χ4v) is 4.58. The number of nitrogens with zero attached hydrogens (tertiary/aromatic N) is 1. The molecule has 0 bridgehead atoms. The smallest absolute Gasteiger partial charge is 0.300 e. The molecule has 0 saturated carbocycles. The molecule has 4 aromatic carbocycles. The maximum atomic E-state index is 13.3. The number of benzene rings is 4. The van der Waals surface area contributed by atoms with Gasteiger partial charge in [0, 0.05) is 21.3 Å². The number of anilines is 1. The van der Waals surface area contributed by atoms with Gasteiger partial charge in [0.25, 0.3) is 11.7 Å². The Morgan fingerprint density at radius 3 is 2.24 bits per heavy atom. The van der Waals surface area contributed by atoms with E-state index < -0.39 is 17.7 Å². The zero-order valence-electron chi connectivity index (χ0n) is 17.2. The number of rotatable bonds is 3. The summed E-state index contributed by atoms with van der Waals surface area (Å²) in [6, 6.07) is 25.8. The number of ketones is 1. The second kappa shape index (κ2) is 8.39. The predicted molar refractivity (Wildman–Crippen MR) is 132 cm³/mol. The number of aliphatic hydroxyl groups excluding tert-OH is 1. The molecule has 0 aromatic heterocycles. The lowest BCUT2D eigenvalue weighted by atomic mass is 9.91. The first kappa shape index (κ1) is 21.3.